The molecule has 2 atom stereocenters. The van der Waals surface area contributed by atoms with Crippen LogP contribution in [-0.2, 0) is 4.79 Å². The van der Waals surface area contributed by atoms with E-state index in [4.69, 9.17) is 0 Å². The third-order valence-electron chi connectivity index (χ3n) is 4.50. The second kappa shape index (κ2) is 5.67. The molecule has 2 unspecified atom stereocenters. The number of hydrogen-bond donors (Lipinski definition) is 0. The van der Waals surface area contributed by atoms with Gasteiger partial charge in [-0.15, -0.1) is 0 Å². The Morgan fingerprint density at radius 3 is 2.27 bits per heavy atom. The van der Waals surface area contributed by atoms with Crippen LogP contribution in [0.1, 0.15) is 64.2 Å². The Balaban J connectivity index is 1.82. The largest absolute Gasteiger partial charge is 0.303 e. The summed E-state index contributed by atoms with van der Waals surface area (Å²) in [7, 11) is 0. The van der Waals surface area contributed by atoms with Crippen molar-refractivity contribution < 1.29 is 4.79 Å². The van der Waals surface area contributed by atoms with Crippen molar-refractivity contribution >= 4 is 6.29 Å². The summed E-state index contributed by atoms with van der Waals surface area (Å²) in [5.74, 6) is 2.09. The van der Waals surface area contributed by atoms with Crippen molar-refractivity contribution in [3.05, 3.63) is 0 Å². The molecule has 2 saturated carbocycles. The van der Waals surface area contributed by atoms with E-state index in [9.17, 15) is 4.79 Å². The average Bonchev–Trinajstić information content (AvgIpc) is 2.31. The molecule has 1 heteroatoms. The Hall–Kier alpha value is -0.330. The highest BCUT2D eigenvalue weighted by Gasteiger charge is 2.27. The first kappa shape index (κ1) is 11.2. The minimum Gasteiger partial charge on any atom is -0.303 e. The summed E-state index contributed by atoms with van der Waals surface area (Å²) < 4.78 is 0. The van der Waals surface area contributed by atoms with Crippen molar-refractivity contribution in [2.45, 2.75) is 64.2 Å². The first-order valence-corrected chi connectivity index (χ1v) is 6.85. The lowest BCUT2D eigenvalue weighted by Gasteiger charge is -2.32. The van der Waals surface area contributed by atoms with Crippen LogP contribution in [0.3, 0.4) is 0 Å². The van der Waals surface area contributed by atoms with Crippen molar-refractivity contribution in [1.29, 1.82) is 0 Å². The quantitative estimate of drug-likeness (QED) is 0.641. The topological polar surface area (TPSA) is 17.1 Å². The highest BCUT2D eigenvalue weighted by molar-refractivity contribution is 5.54. The third-order valence-corrected chi connectivity index (χ3v) is 4.50. The Morgan fingerprint density at radius 2 is 1.53 bits per heavy atom. The number of carbonyl (C=O) groups is 1. The van der Waals surface area contributed by atoms with Gasteiger partial charge in [0, 0.05) is 5.92 Å². The zero-order chi connectivity index (χ0) is 10.5. The molecule has 0 aliphatic heterocycles. The highest BCUT2D eigenvalue weighted by atomic mass is 16.1. The summed E-state index contributed by atoms with van der Waals surface area (Å²) >= 11 is 0. The van der Waals surface area contributed by atoms with Gasteiger partial charge >= 0.3 is 0 Å². The molecular formula is C14H24O. The molecule has 0 N–H and O–H groups in total. The smallest absolute Gasteiger partial charge is 0.123 e. The van der Waals surface area contributed by atoms with Crippen molar-refractivity contribution in [2.24, 2.45) is 17.8 Å². The summed E-state index contributed by atoms with van der Waals surface area (Å²) in [5.41, 5.74) is 0. The van der Waals surface area contributed by atoms with Gasteiger partial charge in [-0.05, 0) is 31.1 Å². The van der Waals surface area contributed by atoms with Gasteiger partial charge in [-0.1, -0.05) is 44.9 Å². The second-order valence-electron chi connectivity index (χ2n) is 5.58. The first-order valence-electron chi connectivity index (χ1n) is 6.85. The zero-order valence-electron chi connectivity index (χ0n) is 9.79. The van der Waals surface area contributed by atoms with Crippen LogP contribution in [0.25, 0.3) is 0 Å². The van der Waals surface area contributed by atoms with Crippen LogP contribution in [0.2, 0.25) is 0 Å². The van der Waals surface area contributed by atoms with Crippen LogP contribution in [0.15, 0.2) is 0 Å². The maximum absolute atomic E-state index is 11.0. The molecular weight excluding hydrogens is 184 g/mol. The van der Waals surface area contributed by atoms with Crippen LogP contribution in [0.4, 0.5) is 0 Å². The number of hydrogen-bond acceptors (Lipinski definition) is 1. The van der Waals surface area contributed by atoms with Gasteiger partial charge in [-0.3, -0.25) is 0 Å². The number of carbonyl (C=O) groups excluding carboxylic acids is 1. The number of rotatable bonds is 3. The molecule has 0 heterocycles. The normalized spacial score (nSPS) is 33.9. The summed E-state index contributed by atoms with van der Waals surface area (Å²) in [5, 5.41) is 0. The summed E-state index contributed by atoms with van der Waals surface area (Å²) in [6, 6.07) is 0. The van der Waals surface area contributed by atoms with Crippen molar-refractivity contribution in [2.75, 3.05) is 0 Å². The lowest BCUT2D eigenvalue weighted by molar-refractivity contribution is -0.113. The molecule has 1 nitrogen and oxygen atoms in total. The van der Waals surface area contributed by atoms with E-state index in [1.54, 1.807) is 0 Å². The fraction of sp³-hybridized carbons (Fsp3) is 0.929. The average molecular weight is 208 g/mol. The summed E-state index contributed by atoms with van der Waals surface area (Å²) in [6.07, 6.45) is 14.9. The fourth-order valence-corrected chi connectivity index (χ4v) is 3.56. The van der Waals surface area contributed by atoms with Gasteiger partial charge in [0.05, 0.1) is 0 Å². The van der Waals surface area contributed by atoms with Crippen LogP contribution >= 0.6 is 0 Å². The predicted molar refractivity (Wildman–Crippen MR) is 62.7 cm³/mol. The third kappa shape index (κ3) is 3.06. The van der Waals surface area contributed by atoms with Crippen molar-refractivity contribution in [3.8, 4) is 0 Å². The van der Waals surface area contributed by atoms with Gasteiger partial charge in [0.25, 0.3) is 0 Å². The molecule has 0 bridgehead atoms. The van der Waals surface area contributed by atoms with Crippen LogP contribution < -0.4 is 0 Å². The van der Waals surface area contributed by atoms with Crippen molar-refractivity contribution in [1.82, 2.24) is 0 Å². The Kier molecular flexibility index (Phi) is 4.22. The zero-order valence-corrected chi connectivity index (χ0v) is 9.79. The first-order chi connectivity index (χ1) is 7.40. The fourth-order valence-electron chi connectivity index (χ4n) is 3.56. The van der Waals surface area contributed by atoms with Crippen LogP contribution in [0, 0.1) is 17.8 Å². The molecule has 2 aliphatic carbocycles. The van der Waals surface area contributed by atoms with Crippen molar-refractivity contribution in [3.63, 3.8) is 0 Å². The molecule has 0 aromatic carbocycles. The van der Waals surface area contributed by atoms with Gasteiger partial charge in [0.2, 0.25) is 0 Å². The molecule has 2 aliphatic rings. The Labute approximate surface area is 93.6 Å². The maximum Gasteiger partial charge on any atom is 0.123 e. The standard InChI is InChI=1S/C14H24O/c15-11-14-9-5-4-8-13(14)10-12-6-2-1-3-7-12/h11-14H,1-10H2. The van der Waals surface area contributed by atoms with Crippen LogP contribution in [0.5, 0.6) is 0 Å². The van der Waals surface area contributed by atoms with E-state index >= 15 is 0 Å². The van der Waals surface area contributed by atoms with Gasteiger partial charge in [-0.2, -0.15) is 0 Å². The minimum absolute atomic E-state index is 0.403. The second-order valence-corrected chi connectivity index (χ2v) is 5.58. The van der Waals surface area contributed by atoms with Gasteiger partial charge in [-0.25, -0.2) is 0 Å². The molecule has 15 heavy (non-hydrogen) atoms. The van der Waals surface area contributed by atoms with E-state index in [0.717, 1.165) is 11.8 Å². The maximum atomic E-state index is 11.0. The van der Waals surface area contributed by atoms with E-state index in [1.807, 2.05) is 0 Å². The number of aldehydes is 1. The van der Waals surface area contributed by atoms with E-state index in [0.29, 0.717) is 5.92 Å². The summed E-state index contributed by atoms with van der Waals surface area (Å²) in [6.45, 7) is 0. The molecule has 2 fully saturated rings. The lowest BCUT2D eigenvalue weighted by atomic mass is 9.73. The Morgan fingerprint density at radius 1 is 0.867 bits per heavy atom. The van der Waals surface area contributed by atoms with Gasteiger partial charge in [0.15, 0.2) is 0 Å². The van der Waals surface area contributed by atoms with E-state index in [-0.39, 0.29) is 0 Å². The molecule has 0 spiro atoms. The molecule has 0 aromatic heterocycles. The summed E-state index contributed by atoms with van der Waals surface area (Å²) in [4.78, 5) is 11.0. The molecule has 0 radical (unpaired) electrons. The van der Waals surface area contributed by atoms with E-state index in [1.165, 1.54) is 70.5 Å². The molecule has 0 aromatic rings. The Bertz CT molecular complexity index is 194. The predicted octanol–water partition coefficient (Wildman–Crippen LogP) is 3.96. The van der Waals surface area contributed by atoms with Crippen LogP contribution in [-0.4, -0.2) is 6.29 Å². The molecule has 2 rings (SSSR count). The van der Waals surface area contributed by atoms with E-state index in [2.05, 4.69) is 0 Å². The molecule has 0 amide bonds. The SMILES string of the molecule is O=CC1CCCCC1CC1CCCCC1. The molecule has 86 valence electrons. The minimum atomic E-state index is 0.403. The lowest BCUT2D eigenvalue weighted by Crippen LogP contribution is -2.24. The molecule has 0 saturated heterocycles. The van der Waals surface area contributed by atoms with Gasteiger partial charge < -0.3 is 4.79 Å². The highest BCUT2D eigenvalue weighted by Crippen LogP contribution is 2.37. The van der Waals surface area contributed by atoms with E-state index < -0.39 is 0 Å². The van der Waals surface area contributed by atoms with Gasteiger partial charge in [0.1, 0.15) is 6.29 Å². The monoisotopic (exact) mass is 208 g/mol.